The monoisotopic (exact) mass is 340 g/mol. The van der Waals surface area contributed by atoms with Crippen LogP contribution in [0.1, 0.15) is 21.1 Å². The molecule has 8 heteroatoms. The maximum atomic E-state index is 14.0. The molecule has 0 amide bonds. The van der Waals surface area contributed by atoms with Crippen LogP contribution in [0.2, 0.25) is 0 Å². The van der Waals surface area contributed by atoms with Crippen LogP contribution in [0.25, 0.3) is 10.1 Å². The Hall–Kier alpha value is -1.51. The number of hydrogen-bond donors (Lipinski definition) is 1. The third-order valence-corrected chi connectivity index (χ3v) is 5.94. The Kier molecular flexibility index (Phi) is 3.92. The zero-order valence-electron chi connectivity index (χ0n) is 10.8. The molecule has 21 heavy (non-hydrogen) atoms. The van der Waals surface area contributed by atoms with Gasteiger partial charge in [-0.25, -0.2) is 14.2 Å². The van der Waals surface area contributed by atoms with Crippen LogP contribution in [-0.2, 0) is 5.75 Å². The highest BCUT2D eigenvalue weighted by Gasteiger charge is 2.20. The third-order valence-electron chi connectivity index (χ3n) is 2.81. The SMILES string of the molecule is Cc1nsc(SCc2c(C(=O)O)sc3cccc(F)c23)n1. The quantitative estimate of drug-likeness (QED) is 0.722. The fourth-order valence-electron chi connectivity index (χ4n) is 1.95. The van der Waals surface area contributed by atoms with Crippen molar-refractivity contribution in [3.63, 3.8) is 0 Å². The largest absolute Gasteiger partial charge is 0.477 e. The van der Waals surface area contributed by atoms with Crippen molar-refractivity contribution in [3.05, 3.63) is 40.3 Å². The number of carbonyl (C=O) groups is 1. The Morgan fingerprint density at radius 1 is 1.48 bits per heavy atom. The summed E-state index contributed by atoms with van der Waals surface area (Å²) in [4.78, 5) is 15.8. The highest BCUT2D eigenvalue weighted by atomic mass is 32.2. The molecule has 0 saturated carbocycles. The molecule has 3 rings (SSSR count). The molecular weight excluding hydrogens is 331 g/mol. The van der Waals surface area contributed by atoms with E-state index in [2.05, 4.69) is 9.36 Å². The standard InChI is InChI=1S/C13H9FN2O2S3/c1-6-15-13(21-16-6)19-5-7-10-8(14)3-2-4-9(10)20-11(7)12(17)18/h2-4H,5H2,1H3,(H,17,18). The van der Waals surface area contributed by atoms with Gasteiger partial charge in [0.2, 0.25) is 0 Å². The van der Waals surface area contributed by atoms with Crippen molar-refractivity contribution >= 4 is 50.7 Å². The molecule has 4 nitrogen and oxygen atoms in total. The molecule has 0 saturated heterocycles. The van der Waals surface area contributed by atoms with Gasteiger partial charge in [-0.15, -0.1) is 11.3 Å². The van der Waals surface area contributed by atoms with Gasteiger partial charge in [-0.3, -0.25) is 0 Å². The average molecular weight is 340 g/mol. The predicted molar refractivity (Wildman–Crippen MR) is 82.9 cm³/mol. The molecule has 0 atom stereocenters. The second kappa shape index (κ2) is 5.70. The Morgan fingerprint density at radius 3 is 2.95 bits per heavy atom. The minimum atomic E-state index is -1.03. The lowest BCUT2D eigenvalue weighted by atomic mass is 10.1. The molecule has 0 fully saturated rings. The molecule has 0 spiro atoms. The first-order valence-corrected chi connectivity index (χ1v) is 8.50. The van der Waals surface area contributed by atoms with Crippen molar-refractivity contribution < 1.29 is 14.3 Å². The summed E-state index contributed by atoms with van der Waals surface area (Å²) >= 11 is 3.74. The van der Waals surface area contributed by atoms with Crippen LogP contribution in [0.3, 0.4) is 0 Å². The Morgan fingerprint density at radius 2 is 2.29 bits per heavy atom. The Bertz CT molecular complexity index is 828. The number of carboxylic acids is 1. The summed E-state index contributed by atoms with van der Waals surface area (Å²) in [6, 6.07) is 4.67. The van der Waals surface area contributed by atoms with Crippen molar-refractivity contribution in [3.8, 4) is 0 Å². The van der Waals surface area contributed by atoms with E-state index in [0.29, 0.717) is 27.2 Å². The molecule has 1 N–H and O–H groups in total. The number of aromatic carboxylic acids is 1. The minimum Gasteiger partial charge on any atom is -0.477 e. The van der Waals surface area contributed by atoms with Gasteiger partial charge < -0.3 is 5.11 Å². The number of fused-ring (bicyclic) bond motifs is 1. The number of halogens is 1. The van der Waals surface area contributed by atoms with Gasteiger partial charge in [0.25, 0.3) is 0 Å². The van der Waals surface area contributed by atoms with Gasteiger partial charge in [0.15, 0.2) is 4.34 Å². The predicted octanol–water partition coefficient (Wildman–Crippen LogP) is 4.19. The van der Waals surface area contributed by atoms with Crippen molar-refractivity contribution in [2.75, 3.05) is 0 Å². The van der Waals surface area contributed by atoms with E-state index in [0.717, 1.165) is 15.7 Å². The first-order valence-electron chi connectivity index (χ1n) is 5.92. The number of benzene rings is 1. The minimum absolute atomic E-state index is 0.184. The number of hydrogen-bond acceptors (Lipinski definition) is 6. The first kappa shape index (κ1) is 14.4. The van der Waals surface area contributed by atoms with E-state index in [4.69, 9.17) is 0 Å². The number of aromatic nitrogens is 2. The van der Waals surface area contributed by atoms with Crippen LogP contribution in [0.4, 0.5) is 4.39 Å². The smallest absolute Gasteiger partial charge is 0.346 e. The lowest BCUT2D eigenvalue weighted by molar-refractivity contribution is 0.0701. The molecule has 108 valence electrons. The lowest BCUT2D eigenvalue weighted by Gasteiger charge is -2.01. The molecule has 0 aliphatic heterocycles. The van der Waals surface area contributed by atoms with E-state index in [-0.39, 0.29) is 10.7 Å². The van der Waals surface area contributed by atoms with Crippen LogP contribution in [0.5, 0.6) is 0 Å². The van der Waals surface area contributed by atoms with Crippen molar-refractivity contribution in [2.45, 2.75) is 17.0 Å². The van der Waals surface area contributed by atoms with Crippen LogP contribution >= 0.6 is 34.6 Å². The van der Waals surface area contributed by atoms with E-state index in [9.17, 15) is 14.3 Å². The van der Waals surface area contributed by atoms with Gasteiger partial charge >= 0.3 is 5.97 Å². The van der Waals surface area contributed by atoms with Gasteiger partial charge in [0.1, 0.15) is 16.5 Å². The lowest BCUT2D eigenvalue weighted by Crippen LogP contribution is -1.97. The first-order chi connectivity index (χ1) is 10.1. The molecule has 0 radical (unpaired) electrons. The maximum absolute atomic E-state index is 14.0. The van der Waals surface area contributed by atoms with Crippen LogP contribution in [0, 0.1) is 12.7 Å². The summed E-state index contributed by atoms with van der Waals surface area (Å²) in [6.45, 7) is 1.79. The zero-order valence-corrected chi connectivity index (χ0v) is 13.2. The second-order valence-corrected chi connectivity index (χ2v) is 7.25. The summed E-state index contributed by atoms with van der Waals surface area (Å²) in [5, 5.41) is 9.71. The molecule has 2 heterocycles. The number of aryl methyl sites for hydroxylation is 1. The van der Waals surface area contributed by atoms with Crippen molar-refractivity contribution in [2.24, 2.45) is 0 Å². The summed E-state index contributed by atoms with van der Waals surface area (Å²) in [7, 11) is 0. The topological polar surface area (TPSA) is 63.1 Å². The number of nitrogens with zero attached hydrogens (tertiary/aromatic N) is 2. The fraction of sp³-hybridized carbons (Fsp3) is 0.154. The summed E-state index contributed by atoms with van der Waals surface area (Å²) in [6.07, 6.45) is 0. The molecule has 3 aromatic rings. The van der Waals surface area contributed by atoms with Gasteiger partial charge in [-0.05, 0) is 36.2 Å². The van der Waals surface area contributed by atoms with Crippen LogP contribution in [0.15, 0.2) is 22.5 Å². The van der Waals surface area contributed by atoms with Crippen molar-refractivity contribution in [1.82, 2.24) is 9.36 Å². The normalized spacial score (nSPS) is 11.1. The van der Waals surface area contributed by atoms with Crippen molar-refractivity contribution in [1.29, 1.82) is 0 Å². The zero-order chi connectivity index (χ0) is 15.0. The van der Waals surface area contributed by atoms with Gasteiger partial charge in [-0.2, -0.15) is 4.37 Å². The van der Waals surface area contributed by atoms with Gasteiger partial charge in [0, 0.05) is 15.8 Å². The fourth-order valence-corrected chi connectivity index (χ4v) is 4.79. The molecule has 0 bridgehead atoms. The summed E-state index contributed by atoms with van der Waals surface area (Å²) in [5.74, 6) is -0.376. The van der Waals surface area contributed by atoms with Crippen LogP contribution < -0.4 is 0 Å². The molecule has 2 aromatic heterocycles. The van der Waals surface area contributed by atoms with E-state index in [1.807, 2.05) is 0 Å². The van der Waals surface area contributed by atoms with E-state index >= 15 is 0 Å². The van der Waals surface area contributed by atoms with E-state index < -0.39 is 5.97 Å². The Labute approximate surface area is 131 Å². The Balaban J connectivity index is 2.02. The molecule has 0 aliphatic rings. The molecule has 1 aromatic carbocycles. The van der Waals surface area contributed by atoms with Gasteiger partial charge in [0.05, 0.1) is 0 Å². The van der Waals surface area contributed by atoms with Gasteiger partial charge in [-0.1, -0.05) is 17.8 Å². The third kappa shape index (κ3) is 2.78. The number of thiophene rings is 1. The summed E-state index contributed by atoms with van der Waals surface area (Å²) in [5.41, 5.74) is 0.512. The maximum Gasteiger partial charge on any atom is 0.346 e. The average Bonchev–Trinajstić information content (AvgIpc) is 3.01. The molecule has 0 unspecified atom stereocenters. The molecule has 0 aliphatic carbocycles. The van der Waals surface area contributed by atoms with E-state index in [1.165, 1.54) is 29.4 Å². The number of rotatable bonds is 4. The second-order valence-electron chi connectivity index (χ2n) is 4.22. The van der Waals surface area contributed by atoms with Crippen LogP contribution in [-0.4, -0.2) is 20.4 Å². The number of thioether (sulfide) groups is 1. The molecular formula is C13H9FN2O2S3. The summed E-state index contributed by atoms with van der Waals surface area (Å²) < 4.78 is 19.5. The number of carboxylic acid groups (broad SMARTS) is 1. The highest BCUT2D eigenvalue weighted by molar-refractivity contribution is 8.00. The van der Waals surface area contributed by atoms with E-state index in [1.54, 1.807) is 19.1 Å². The highest BCUT2D eigenvalue weighted by Crippen LogP contribution is 2.37.